The lowest BCUT2D eigenvalue weighted by molar-refractivity contribution is -0.139. The van der Waals surface area contributed by atoms with Gasteiger partial charge in [0.2, 0.25) is 0 Å². The summed E-state index contributed by atoms with van der Waals surface area (Å²) < 4.78 is 54.7. The summed E-state index contributed by atoms with van der Waals surface area (Å²) in [5.74, 6) is -0.574. The molecule has 3 aromatic rings. The number of aliphatic hydroxyl groups is 1. The SMILES string of the molecule is OC(Nc1ccn(-c2nccc(I)c2F)n1)c1ccccc1C(F)(F)F. The fourth-order valence-corrected chi connectivity index (χ4v) is 2.70. The fourth-order valence-electron chi connectivity index (χ4n) is 2.30. The van der Waals surface area contributed by atoms with Gasteiger partial charge in [0.15, 0.2) is 23.7 Å². The summed E-state index contributed by atoms with van der Waals surface area (Å²) in [6, 6.07) is 7.54. The first-order chi connectivity index (χ1) is 12.3. The molecule has 0 fully saturated rings. The fraction of sp³-hybridized carbons (Fsp3) is 0.125. The molecule has 10 heteroatoms. The second-order valence-corrected chi connectivity index (χ2v) is 6.37. The van der Waals surface area contributed by atoms with Crippen molar-refractivity contribution in [3.05, 3.63) is 69.3 Å². The maximum absolute atomic E-state index is 14.1. The predicted octanol–water partition coefficient (Wildman–Crippen LogP) is 4.13. The van der Waals surface area contributed by atoms with Gasteiger partial charge in [-0.3, -0.25) is 0 Å². The molecule has 0 radical (unpaired) electrons. The average Bonchev–Trinajstić information content (AvgIpc) is 3.04. The number of benzene rings is 1. The Morgan fingerprint density at radius 2 is 1.88 bits per heavy atom. The van der Waals surface area contributed by atoms with Gasteiger partial charge >= 0.3 is 6.18 Å². The zero-order valence-corrected chi connectivity index (χ0v) is 15.0. The van der Waals surface area contributed by atoms with Gasteiger partial charge in [-0.2, -0.15) is 13.2 Å². The van der Waals surface area contributed by atoms with Gasteiger partial charge in [-0.1, -0.05) is 18.2 Å². The number of rotatable bonds is 4. The van der Waals surface area contributed by atoms with Crippen molar-refractivity contribution in [2.45, 2.75) is 12.4 Å². The van der Waals surface area contributed by atoms with Crippen molar-refractivity contribution < 1.29 is 22.7 Å². The molecule has 0 bridgehead atoms. The summed E-state index contributed by atoms with van der Waals surface area (Å²) in [5.41, 5.74) is -1.29. The van der Waals surface area contributed by atoms with E-state index >= 15 is 0 Å². The highest BCUT2D eigenvalue weighted by Gasteiger charge is 2.34. The predicted molar refractivity (Wildman–Crippen MR) is 94.1 cm³/mol. The van der Waals surface area contributed by atoms with E-state index < -0.39 is 23.8 Å². The Kier molecular flexibility index (Phi) is 5.14. The number of hydrogen-bond acceptors (Lipinski definition) is 4. The van der Waals surface area contributed by atoms with E-state index in [4.69, 9.17) is 0 Å². The van der Waals surface area contributed by atoms with Crippen molar-refractivity contribution in [3.63, 3.8) is 0 Å². The Hall–Kier alpha value is -2.21. The molecule has 136 valence electrons. The lowest BCUT2D eigenvalue weighted by Crippen LogP contribution is -2.17. The molecule has 2 N–H and O–H groups in total. The molecule has 0 spiro atoms. The van der Waals surface area contributed by atoms with Crippen LogP contribution in [0.15, 0.2) is 48.8 Å². The number of aliphatic hydroxyl groups excluding tert-OH is 1. The third-order valence-corrected chi connectivity index (χ3v) is 4.31. The van der Waals surface area contributed by atoms with Crippen molar-refractivity contribution in [3.8, 4) is 5.82 Å². The van der Waals surface area contributed by atoms with Crippen molar-refractivity contribution >= 4 is 28.4 Å². The minimum Gasteiger partial charge on any atom is -0.369 e. The molecule has 0 aliphatic carbocycles. The zero-order chi connectivity index (χ0) is 18.9. The van der Waals surface area contributed by atoms with Gasteiger partial charge in [0.05, 0.1) is 9.13 Å². The molecule has 0 saturated heterocycles. The number of halogens is 5. The Labute approximate surface area is 158 Å². The third-order valence-electron chi connectivity index (χ3n) is 3.48. The summed E-state index contributed by atoms with van der Waals surface area (Å²) in [5, 5.41) is 16.6. The number of nitrogens with one attached hydrogen (secondary N) is 1. The summed E-state index contributed by atoms with van der Waals surface area (Å²) in [4.78, 5) is 3.89. The molecule has 0 aliphatic heterocycles. The molecule has 1 unspecified atom stereocenters. The van der Waals surface area contributed by atoms with Crippen molar-refractivity contribution in [2.24, 2.45) is 0 Å². The second kappa shape index (κ2) is 7.19. The van der Waals surface area contributed by atoms with Crippen LogP contribution in [0.1, 0.15) is 17.4 Å². The highest BCUT2D eigenvalue weighted by molar-refractivity contribution is 14.1. The maximum Gasteiger partial charge on any atom is 0.416 e. The lowest BCUT2D eigenvalue weighted by Gasteiger charge is -2.18. The quantitative estimate of drug-likeness (QED) is 0.337. The summed E-state index contributed by atoms with van der Waals surface area (Å²) in [6.07, 6.45) is -3.47. The standard InChI is InChI=1S/C16H11F4IN4O/c17-13-11(21)5-7-22-14(13)25-8-6-12(24-25)23-15(26)9-3-1-2-4-10(9)16(18,19)20/h1-8,15,26H,(H,23,24). The first-order valence-electron chi connectivity index (χ1n) is 7.24. The molecule has 1 aromatic carbocycles. The first kappa shape index (κ1) is 18.6. The molecular formula is C16H11F4IN4O. The zero-order valence-electron chi connectivity index (χ0n) is 12.9. The van der Waals surface area contributed by atoms with Gasteiger partial charge in [-0.05, 0) is 34.7 Å². The van der Waals surface area contributed by atoms with Crippen LogP contribution >= 0.6 is 22.6 Å². The molecular weight excluding hydrogens is 467 g/mol. The van der Waals surface area contributed by atoms with Crippen LogP contribution in [0.3, 0.4) is 0 Å². The highest BCUT2D eigenvalue weighted by atomic mass is 127. The van der Waals surface area contributed by atoms with E-state index in [0.29, 0.717) is 3.57 Å². The monoisotopic (exact) mass is 478 g/mol. The number of anilines is 1. The second-order valence-electron chi connectivity index (χ2n) is 5.21. The normalized spacial score (nSPS) is 12.8. The highest BCUT2D eigenvalue weighted by Crippen LogP contribution is 2.34. The Morgan fingerprint density at radius 3 is 2.62 bits per heavy atom. The first-order valence-corrected chi connectivity index (χ1v) is 8.32. The number of alkyl halides is 3. The molecule has 2 aromatic heterocycles. The number of hydrogen-bond donors (Lipinski definition) is 2. The third kappa shape index (κ3) is 3.80. The van der Waals surface area contributed by atoms with E-state index in [1.165, 1.54) is 36.7 Å². The molecule has 1 atom stereocenters. The molecule has 0 amide bonds. The molecule has 2 heterocycles. The Morgan fingerprint density at radius 1 is 1.15 bits per heavy atom. The van der Waals surface area contributed by atoms with Crippen LogP contribution in [0.2, 0.25) is 0 Å². The van der Waals surface area contributed by atoms with Crippen LogP contribution in [-0.4, -0.2) is 19.9 Å². The van der Waals surface area contributed by atoms with Crippen LogP contribution in [0.4, 0.5) is 23.4 Å². The topological polar surface area (TPSA) is 63.0 Å². The molecule has 0 saturated carbocycles. The maximum atomic E-state index is 14.1. The summed E-state index contributed by atoms with van der Waals surface area (Å²) in [7, 11) is 0. The molecule has 26 heavy (non-hydrogen) atoms. The summed E-state index contributed by atoms with van der Waals surface area (Å²) in [6.45, 7) is 0. The van der Waals surface area contributed by atoms with Crippen LogP contribution in [0.25, 0.3) is 5.82 Å². The van der Waals surface area contributed by atoms with E-state index in [2.05, 4.69) is 15.4 Å². The van der Waals surface area contributed by atoms with Crippen molar-refractivity contribution in [1.29, 1.82) is 0 Å². The Bertz CT molecular complexity index is 929. The van der Waals surface area contributed by atoms with Gasteiger partial charge in [-0.25, -0.2) is 14.1 Å². The largest absolute Gasteiger partial charge is 0.416 e. The van der Waals surface area contributed by atoms with Crippen LogP contribution in [0.5, 0.6) is 0 Å². The van der Waals surface area contributed by atoms with Gasteiger partial charge in [0.1, 0.15) is 0 Å². The van der Waals surface area contributed by atoms with E-state index in [0.717, 1.165) is 16.8 Å². The van der Waals surface area contributed by atoms with E-state index in [-0.39, 0.29) is 17.2 Å². The Balaban J connectivity index is 1.85. The van der Waals surface area contributed by atoms with Crippen LogP contribution < -0.4 is 5.32 Å². The molecule has 5 nitrogen and oxygen atoms in total. The van der Waals surface area contributed by atoms with Gasteiger partial charge < -0.3 is 10.4 Å². The number of aromatic nitrogens is 3. The van der Waals surface area contributed by atoms with Crippen molar-refractivity contribution in [2.75, 3.05) is 5.32 Å². The lowest BCUT2D eigenvalue weighted by atomic mass is 10.1. The van der Waals surface area contributed by atoms with Crippen molar-refractivity contribution in [1.82, 2.24) is 14.8 Å². The minimum atomic E-state index is -4.60. The van der Waals surface area contributed by atoms with E-state index in [1.54, 1.807) is 22.6 Å². The van der Waals surface area contributed by atoms with E-state index in [9.17, 15) is 22.7 Å². The van der Waals surface area contributed by atoms with Gasteiger partial charge in [-0.15, -0.1) is 5.10 Å². The van der Waals surface area contributed by atoms with Gasteiger partial charge in [0, 0.05) is 24.0 Å². The average molecular weight is 478 g/mol. The van der Waals surface area contributed by atoms with E-state index in [1.807, 2.05) is 0 Å². The minimum absolute atomic E-state index is 0.0601. The molecule has 3 rings (SSSR count). The van der Waals surface area contributed by atoms with Gasteiger partial charge in [0.25, 0.3) is 0 Å². The number of pyridine rings is 1. The molecule has 0 aliphatic rings. The summed E-state index contributed by atoms with van der Waals surface area (Å²) >= 11 is 1.80. The smallest absolute Gasteiger partial charge is 0.369 e. The van der Waals surface area contributed by atoms with Crippen LogP contribution in [0, 0.1) is 9.39 Å². The van der Waals surface area contributed by atoms with Crippen LogP contribution in [-0.2, 0) is 6.18 Å². The number of nitrogens with zero attached hydrogens (tertiary/aromatic N) is 3.